The summed E-state index contributed by atoms with van der Waals surface area (Å²) in [6, 6.07) is 10.2. The molecule has 6 nitrogen and oxygen atoms in total. The van der Waals surface area contributed by atoms with Gasteiger partial charge in [-0.1, -0.05) is 12.1 Å². The summed E-state index contributed by atoms with van der Waals surface area (Å²) in [6.45, 7) is 0.532. The predicted octanol–water partition coefficient (Wildman–Crippen LogP) is 3.19. The molecule has 0 unspecified atom stereocenters. The van der Waals surface area contributed by atoms with Gasteiger partial charge in [0.05, 0.1) is 24.7 Å². The Labute approximate surface area is 174 Å². The summed E-state index contributed by atoms with van der Waals surface area (Å²) in [5.41, 5.74) is 0.418. The van der Waals surface area contributed by atoms with Crippen LogP contribution in [0.25, 0.3) is 0 Å². The monoisotopic (exact) mass is 422 g/mol. The van der Waals surface area contributed by atoms with Gasteiger partial charge in [0, 0.05) is 12.3 Å². The fourth-order valence-corrected chi connectivity index (χ4v) is 3.74. The molecule has 1 aromatic heterocycles. The number of para-hydroxylation sites is 1. The summed E-state index contributed by atoms with van der Waals surface area (Å²) in [7, 11) is 1.52. The van der Waals surface area contributed by atoms with Gasteiger partial charge >= 0.3 is 0 Å². The largest absolute Gasteiger partial charge is 0.496 e. The second-order valence-electron chi connectivity index (χ2n) is 5.93. The summed E-state index contributed by atoms with van der Waals surface area (Å²) in [4.78, 5) is 25.2. The van der Waals surface area contributed by atoms with E-state index < -0.39 is 6.04 Å². The Balaban J connectivity index is 1.84. The fraction of sp³-hybridized carbons (Fsp3) is 0.400. The van der Waals surface area contributed by atoms with Crippen molar-refractivity contribution in [2.45, 2.75) is 18.2 Å². The number of hydrogen-bond donors (Lipinski definition) is 2. The molecule has 1 aromatic carbocycles. The lowest BCUT2D eigenvalue weighted by Gasteiger charge is -2.19. The van der Waals surface area contributed by atoms with Gasteiger partial charge in [-0.05, 0) is 42.7 Å². The second-order valence-corrected chi connectivity index (χ2v) is 8.02. The molecule has 0 aliphatic heterocycles. The van der Waals surface area contributed by atoms with Crippen molar-refractivity contribution in [2.75, 3.05) is 31.4 Å². The van der Waals surface area contributed by atoms with Crippen molar-refractivity contribution in [3.05, 3.63) is 54.0 Å². The number of nitrogens with one attached hydrogen (secondary N) is 2. The first-order valence-electron chi connectivity index (χ1n) is 8.96. The van der Waals surface area contributed by atoms with Gasteiger partial charge in [0.25, 0.3) is 5.91 Å². The number of thioether (sulfide) groups is 2. The summed E-state index contributed by atoms with van der Waals surface area (Å²) in [5, 5.41) is 5.75. The van der Waals surface area contributed by atoms with E-state index >= 15 is 0 Å². The minimum absolute atomic E-state index is 0.170. The van der Waals surface area contributed by atoms with E-state index in [4.69, 9.17) is 9.15 Å². The molecule has 8 heteroatoms. The molecular formula is C20H26N2O4S2. The van der Waals surface area contributed by atoms with Crippen LogP contribution in [0.3, 0.4) is 0 Å². The zero-order chi connectivity index (χ0) is 20.2. The first kappa shape index (κ1) is 22.2. The molecule has 0 aliphatic carbocycles. The third-order valence-corrected chi connectivity index (χ3v) is 5.58. The van der Waals surface area contributed by atoms with E-state index in [0.717, 1.165) is 23.0 Å². The number of rotatable bonds is 12. The maximum absolute atomic E-state index is 12.6. The lowest BCUT2D eigenvalue weighted by atomic mass is 10.1. The van der Waals surface area contributed by atoms with Crippen molar-refractivity contribution in [3.63, 3.8) is 0 Å². The highest BCUT2D eigenvalue weighted by atomic mass is 32.2. The Morgan fingerprint density at radius 2 is 2.00 bits per heavy atom. The molecule has 0 radical (unpaired) electrons. The van der Waals surface area contributed by atoms with Gasteiger partial charge in [-0.15, -0.1) is 0 Å². The van der Waals surface area contributed by atoms with E-state index in [1.807, 2.05) is 18.4 Å². The Morgan fingerprint density at radius 1 is 1.18 bits per heavy atom. The molecule has 2 rings (SSSR count). The third-order valence-electron chi connectivity index (χ3n) is 3.95. The Morgan fingerprint density at radius 3 is 2.71 bits per heavy atom. The van der Waals surface area contributed by atoms with Crippen LogP contribution >= 0.6 is 23.5 Å². The first-order valence-corrected chi connectivity index (χ1v) is 11.5. The number of carbonyl (C=O) groups is 2. The normalized spacial score (nSPS) is 11.6. The van der Waals surface area contributed by atoms with Crippen LogP contribution in [0.2, 0.25) is 0 Å². The molecule has 1 atom stereocenters. The average Bonchev–Trinajstić information content (AvgIpc) is 3.24. The number of methoxy groups -OCH3 is 1. The fourth-order valence-electron chi connectivity index (χ4n) is 2.51. The van der Waals surface area contributed by atoms with Crippen molar-refractivity contribution >= 4 is 35.3 Å². The second kappa shape index (κ2) is 12.4. The number of carbonyl (C=O) groups excluding carboxylic acids is 2. The molecule has 28 heavy (non-hydrogen) atoms. The van der Waals surface area contributed by atoms with Gasteiger partial charge in [-0.3, -0.25) is 9.59 Å². The standard InChI is InChI=1S/C20H26N2O4S2/c1-25-18-8-4-3-7-16(18)19(23)22-17(9-12-27-2)20(24)21-10-13-28-14-15-6-5-11-26-15/h3-8,11,17H,9-10,12-14H2,1-2H3,(H,21,24)(H,22,23)/t17-/m0/s1. The Hall–Kier alpha value is -2.06. The smallest absolute Gasteiger partial charge is 0.255 e. The van der Waals surface area contributed by atoms with Gasteiger partial charge in [-0.2, -0.15) is 23.5 Å². The van der Waals surface area contributed by atoms with Crippen LogP contribution in [0.5, 0.6) is 5.75 Å². The van der Waals surface area contributed by atoms with E-state index in [1.54, 1.807) is 54.1 Å². The van der Waals surface area contributed by atoms with Crippen molar-refractivity contribution in [3.8, 4) is 5.75 Å². The SMILES string of the molecule is COc1ccccc1C(=O)N[C@@H](CCSC)C(=O)NCCSCc1ccco1. The number of benzene rings is 1. The Bertz CT molecular complexity index is 738. The molecule has 2 N–H and O–H groups in total. The molecule has 152 valence electrons. The maximum Gasteiger partial charge on any atom is 0.255 e. The van der Waals surface area contributed by atoms with Crippen LogP contribution in [0, 0.1) is 0 Å². The van der Waals surface area contributed by atoms with Crippen molar-refractivity contribution in [1.29, 1.82) is 0 Å². The minimum Gasteiger partial charge on any atom is -0.496 e. The van der Waals surface area contributed by atoms with Crippen LogP contribution in [0.1, 0.15) is 22.5 Å². The van der Waals surface area contributed by atoms with E-state index in [-0.39, 0.29) is 11.8 Å². The lowest BCUT2D eigenvalue weighted by Crippen LogP contribution is -2.47. The van der Waals surface area contributed by atoms with Crippen LogP contribution in [0.15, 0.2) is 47.1 Å². The van der Waals surface area contributed by atoms with Crippen molar-refractivity contribution < 1.29 is 18.7 Å². The van der Waals surface area contributed by atoms with Crippen LogP contribution in [-0.2, 0) is 10.5 Å². The first-order chi connectivity index (χ1) is 13.7. The third kappa shape index (κ3) is 7.16. The van der Waals surface area contributed by atoms with Crippen LogP contribution < -0.4 is 15.4 Å². The summed E-state index contributed by atoms with van der Waals surface area (Å²) in [6.07, 6.45) is 4.19. The maximum atomic E-state index is 12.6. The molecule has 1 heterocycles. The molecule has 0 spiro atoms. The topological polar surface area (TPSA) is 80.6 Å². The van der Waals surface area contributed by atoms with E-state index in [2.05, 4.69) is 10.6 Å². The van der Waals surface area contributed by atoms with Crippen molar-refractivity contribution in [2.24, 2.45) is 0 Å². The van der Waals surface area contributed by atoms with Gasteiger partial charge in [0.2, 0.25) is 5.91 Å². The number of ether oxygens (including phenoxy) is 1. The number of furan rings is 1. The van der Waals surface area contributed by atoms with Gasteiger partial charge < -0.3 is 19.8 Å². The van der Waals surface area contributed by atoms with Crippen molar-refractivity contribution in [1.82, 2.24) is 10.6 Å². The summed E-state index contributed by atoms with van der Waals surface area (Å²) >= 11 is 3.32. The quantitative estimate of drug-likeness (QED) is 0.512. The zero-order valence-electron chi connectivity index (χ0n) is 16.1. The molecular weight excluding hydrogens is 396 g/mol. The average molecular weight is 423 g/mol. The highest BCUT2D eigenvalue weighted by molar-refractivity contribution is 7.98. The molecule has 2 aromatic rings. The van der Waals surface area contributed by atoms with E-state index in [9.17, 15) is 9.59 Å². The highest BCUT2D eigenvalue weighted by Crippen LogP contribution is 2.17. The highest BCUT2D eigenvalue weighted by Gasteiger charge is 2.22. The molecule has 0 saturated heterocycles. The van der Waals surface area contributed by atoms with Crippen LogP contribution in [0.4, 0.5) is 0 Å². The molecule has 0 saturated carbocycles. The predicted molar refractivity (Wildman–Crippen MR) is 115 cm³/mol. The number of amides is 2. The van der Waals surface area contributed by atoms with Gasteiger partial charge in [-0.25, -0.2) is 0 Å². The zero-order valence-corrected chi connectivity index (χ0v) is 17.7. The lowest BCUT2D eigenvalue weighted by molar-refractivity contribution is -0.122. The van der Waals surface area contributed by atoms with Crippen LogP contribution in [-0.4, -0.2) is 49.3 Å². The van der Waals surface area contributed by atoms with Gasteiger partial charge in [0.1, 0.15) is 17.6 Å². The summed E-state index contributed by atoms with van der Waals surface area (Å²) < 4.78 is 10.5. The Kier molecular flexibility index (Phi) is 9.85. The van der Waals surface area contributed by atoms with E-state index in [0.29, 0.717) is 24.3 Å². The molecule has 0 bridgehead atoms. The molecule has 0 fully saturated rings. The molecule has 2 amide bonds. The van der Waals surface area contributed by atoms with E-state index in [1.165, 1.54) is 7.11 Å². The number of hydrogen-bond acceptors (Lipinski definition) is 6. The minimum atomic E-state index is -0.583. The summed E-state index contributed by atoms with van der Waals surface area (Å²) in [5.74, 6) is 3.22. The van der Waals surface area contributed by atoms with Gasteiger partial charge in [0.15, 0.2) is 0 Å². The molecule has 0 aliphatic rings.